The number of halogens is 1. The molecule has 5 rings (SSSR count). The quantitative estimate of drug-likeness (QED) is 0.387. The van der Waals surface area contributed by atoms with Crippen molar-refractivity contribution >= 4 is 28.5 Å². The van der Waals surface area contributed by atoms with E-state index in [1.807, 2.05) is 56.3 Å². The number of carbonyl (C=O) groups is 2. The van der Waals surface area contributed by atoms with Crippen LogP contribution in [0.3, 0.4) is 0 Å². The molecule has 3 aromatic carbocycles. The van der Waals surface area contributed by atoms with Crippen molar-refractivity contribution in [3.8, 4) is 0 Å². The van der Waals surface area contributed by atoms with E-state index >= 15 is 4.39 Å². The molecular weight excluding hydrogens is 469 g/mol. The number of anilines is 1. The van der Waals surface area contributed by atoms with E-state index < -0.39 is 17.8 Å². The van der Waals surface area contributed by atoms with Crippen LogP contribution in [0.15, 0.2) is 66.7 Å². The lowest BCUT2D eigenvalue weighted by Gasteiger charge is -2.34. The summed E-state index contributed by atoms with van der Waals surface area (Å²) in [4.78, 5) is 29.5. The van der Waals surface area contributed by atoms with E-state index in [-0.39, 0.29) is 24.1 Å². The molecule has 0 bridgehead atoms. The number of amides is 2. The zero-order valence-corrected chi connectivity index (χ0v) is 21.0. The zero-order chi connectivity index (χ0) is 25.9. The van der Waals surface area contributed by atoms with Gasteiger partial charge >= 0.3 is 0 Å². The molecule has 190 valence electrons. The largest absolute Gasteiger partial charge is 0.351 e. The van der Waals surface area contributed by atoms with E-state index in [0.29, 0.717) is 16.7 Å². The van der Waals surface area contributed by atoms with Gasteiger partial charge in [0.15, 0.2) is 0 Å². The molecule has 1 aliphatic carbocycles. The highest BCUT2D eigenvalue weighted by Crippen LogP contribution is 2.35. The van der Waals surface area contributed by atoms with Gasteiger partial charge in [-0.15, -0.1) is 5.10 Å². The maximum absolute atomic E-state index is 15.3. The standard InChI is InChI=1S/C29H30FN5O2/c1-19-10-9-11-20(2)27(19)35(26(36)18-34-25-17-8-7-16-24(25)32-33-34)28(22-14-5-6-15-23(22)30)29(37)31-21-12-3-4-13-21/h5-11,14-17,21,28H,3-4,12-13,18H2,1-2H3,(H,31,37)/t28-/m0/s1. The summed E-state index contributed by atoms with van der Waals surface area (Å²) in [6, 6.07) is 18.0. The number of hydrogen-bond donors (Lipinski definition) is 1. The maximum Gasteiger partial charge on any atom is 0.249 e. The van der Waals surface area contributed by atoms with Gasteiger partial charge in [0.2, 0.25) is 11.8 Å². The first kappa shape index (κ1) is 24.6. The molecule has 37 heavy (non-hydrogen) atoms. The van der Waals surface area contributed by atoms with Crippen LogP contribution in [-0.2, 0) is 16.1 Å². The van der Waals surface area contributed by atoms with Crippen molar-refractivity contribution in [1.29, 1.82) is 0 Å². The fourth-order valence-corrected chi connectivity index (χ4v) is 5.27. The Bertz CT molecular complexity index is 1420. The van der Waals surface area contributed by atoms with Crippen LogP contribution in [0.25, 0.3) is 11.0 Å². The molecule has 8 heteroatoms. The van der Waals surface area contributed by atoms with Crippen LogP contribution in [0.4, 0.5) is 10.1 Å². The Morgan fingerprint density at radius 1 is 1.00 bits per heavy atom. The van der Waals surface area contributed by atoms with Crippen LogP contribution in [0.1, 0.15) is 48.4 Å². The van der Waals surface area contributed by atoms with Crippen molar-refractivity contribution in [2.45, 2.75) is 58.2 Å². The highest BCUT2D eigenvalue weighted by Gasteiger charge is 2.37. The average Bonchev–Trinajstić information content (AvgIpc) is 3.54. The van der Waals surface area contributed by atoms with E-state index in [1.165, 1.54) is 15.6 Å². The molecular formula is C29H30FN5O2. The Morgan fingerprint density at radius 3 is 2.41 bits per heavy atom. The SMILES string of the molecule is Cc1cccc(C)c1N(C(=O)Cn1nnc2ccccc21)[C@H](C(=O)NC1CCCC1)c1ccccc1F. The van der Waals surface area contributed by atoms with Gasteiger partial charge in [-0.25, -0.2) is 9.07 Å². The Hall–Kier alpha value is -4.07. The zero-order valence-electron chi connectivity index (χ0n) is 21.0. The van der Waals surface area contributed by atoms with Crippen molar-refractivity contribution < 1.29 is 14.0 Å². The third-order valence-electron chi connectivity index (χ3n) is 7.06. The van der Waals surface area contributed by atoms with E-state index in [9.17, 15) is 9.59 Å². The molecule has 1 aromatic heterocycles. The molecule has 1 fully saturated rings. The average molecular weight is 500 g/mol. The van der Waals surface area contributed by atoms with Gasteiger partial charge in [-0.3, -0.25) is 14.5 Å². The lowest BCUT2D eigenvalue weighted by atomic mass is 9.99. The number of nitrogens with one attached hydrogen (secondary N) is 1. The van der Waals surface area contributed by atoms with Crippen molar-refractivity contribution in [2.24, 2.45) is 0 Å². The molecule has 0 saturated heterocycles. The van der Waals surface area contributed by atoms with Crippen LogP contribution in [-0.4, -0.2) is 32.9 Å². The number of para-hydroxylation sites is 2. The first-order valence-corrected chi connectivity index (χ1v) is 12.7. The summed E-state index contributed by atoms with van der Waals surface area (Å²) in [7, 11) is 0. The summed E-state index contributed by atoms with van der Waals surface area (Å²) in [5, 5.41) is 11.4. The number of hydrogen-bond acceptors (Lipinski definition) is 4. The van der Waals surface area contributed by atoms with E-state index in [4.69, 9.17) is 0 Å². The summed E-state index contributed by atoms with van der Waals surface area (Å²) < 4.78 is 16.8. The Labute approximate surface area is 215 Å². The minimum Gasteiger partial charge on any atom is -0.351 e. The normalized spacial score (nSPS) is 14.6. The lowest BCUT2D eigenvalue weighted by molar-refractivity contribution is -0.127. The smallest absolute Gasteiger partial charge is 0.249 e. The van der Waals surface area contributed by atoms with Gasteiger partial charge in [-0.05, 0) is 56.0 Å². The van der Waals surface area contributed by atoms with Crippen molar-refractivity contribution in [1.82, 2.24) is 20.3 Å². The second-order valence-electron chi connectivity index (χ2n) is 9.65. The Morgan fingerprint density at radius 2 is 1.68 bits per heavy atom. The topological polar surface area (TPSA) is 80.1 Å². The molecule has 0 spiro atoms. The second-order valence-corrected chi connectivity index (χ2v) is 9.65. The number of aryl methyl sites for hydroxylation is 2. The Kier molecular flexibility index (Phi) is 6.99. The molecule has 1 N–H and O–H groups in total. The minimum atomic E-state index is -1.19. The lowest BCUT2D eigenvalue weighted by Crippen LogP contribution is -2.48. The fraction of sp³-hybridized carbons (Fsp3) is 0.310. The van der Waals surface area contributed by atoms with Gasteiger partial charge in [0.25, 0.3) is 0 Å². The number of fused-ring (bicyclic) bond motifs is 1. The summed E-state index contributed by atoms with van der Waals surface area (Å²) in [6.45, 7) is 3.62. The monoisotopic (exact) mass is 499 g/mol. The third kappa shape index (κ3) is 4.96. The van der Waals surface area contributed by atoms with Crippen molar-refractivity contribution in [3.05, 3.63) is 89.2 Å². The van der Waals surface area contributed by atoms with Gasteiger partial charge in [-0.2, -0.15) is 0 Å². The summed E-state index contributed by atoms with van der Waals surface area (Å²) in [6.07, 6.45) is 3.82. The number of nitrogens with zero attached hydrogens (tertiary/aromatic N) is 4. The minimum absolute atomic E-state index is 0.0101. The predicted octanol–water partition coefficient (Wildman–Crippen LogP) is 5.02. The highest BCUT2D eigenvalue weighted by molar-refractivity contribution is 6.02. The molecule has 0 aliphatic heterocycles. The van der Waals surface area contributed by atoms with E-state index in [0.717, 1.165) is 36.8 Å². The molecule has 0 radical (unpaired) electrons. The molecule has 0 unspecified atom stereocenters. The summed E-state index contributed by atoms with van der Waals surface area (Å²) in [5.41, 5.74) is 3.73. The Balaban J connectivity index is 1.63. The van der Waals surface area contributed by atoms with Crippen molar-refractivity contribution in [2.75, 3.05) is 4.90 Å². The predicted molar refractivity (Wildman–Crippen MR) is 140 cm³/mol. The van der Waals surface area contributed by atoms with E-state index in [1.54, 1.807) is 18.2 Å². The first-order valence-electron chi connectivity index (χ1n) is 12.7. The molecule has 7 nitrogen and oxygen atoms in total. The number of carbonyl (C=O) groups excluding carboxylic acids is 2. The number of benzene rings is 3. The highest BCUT2D eigenvalue weighted by atomic mass is 19.1. The number of aromatic nitrogens is 3. The van der Waals surface area contributed by atoms with Crippen molar-refractivity contribution in [3.63, 3.8) is 0 Å². The van der Waals surface area contributed by atoms with Crippen LogP contribution in [0.2, 0.25) is 0 Å². The second kappa shape index (κ2) is 10.5. The van der Waals surface area contributed by atoms with Crippen LogP contribution >= 0.6 is 0 Å². The molecule has 1 aliphatic rings. The van der Waals surface area contributed by atoms with E-state index in [2.05, 4.69) is 15.6 Å². The molecule has 1 saturated carbocycles. The molecule has 4 aromatic rings. The van der Waals surface area contributed by atoms with Crippen LogP contribution in [0, 0.1) is 19.7 Å². The number of rotatable bonds is 7. The van der Waals surface area contributed by atoms with Gasteiger partial charge < -0.3 is 5.32 Å². The van der Waals surface area contributed by atoms with Gasteiger partial charge in [-0.1, -0.05) is 66.6 Å². The molecule has 2 amide bonds. The first-order chi connectivity index (χ1) is 17.9. The summed E-state index contributed by atoms with van der Waals surface area (Å²) >= 11 is 0. The maximum atomic E-state index is 15.3. The molecule has 1 atom stereocenters. The van der Waals surface area contributed by atoms with Crippen LogP contribution in [0.5, 0.6) is 0 Å². The van der Waals surface area contributed by atoms with Gasteiger partial charge in [0.1, 0.15) is 23.9 Å². The summed E-state index contributed by atoms with van der Waals surface area (Å²) in [5.74, 6) is -1.32. The third-order valence-corrected chi connectivity index (χ3v) is 7.06. The molecule has 1 heterocycles. The fourth-order valence-electron chi connectivity index (χ4n) is 5.27. The van der Waals surface area contributed by atoms with Gasteiger partial charge in [0.05, 0.1) is 11.2 Å². The van der Waals surface area contributed by atoms with Gasteiger partial charge in [0, 0.05) is 11.6 Å². The van der Waals surface area contributed by atoms with Crippen LogP contribution < -0.4 is 10.2 Å².